The van der Waals surface area contributed by atoms with Crippen molar-refractivity contribution < 1.29 is 23.2 Å². The van der Waals surface area contributed by atoms with Crippen LogP contribution in [0.3, 0.4) is 0 Å². The third-order valence-corrected chi connectivity index (χ3v) is 4.92. The summed E-state index contributed by atoms with van der Waals surface area (Å²) in [6, 6.07) is 5.25. The first-order valence-electron chi connectivity index (χ1n) is 8.05. The van der Waals surface area contributed by atoms with Crippen LogP contribution in [0.2, 0.25) is 0 Å². The molecule has 1 aliphatic heterocycles. The predicted octanol–water partition coefficient (Wildman–Crippen LogP) is 2.74. The maximum atomic E-state index is 14.4. The van der Waals surface area contributed by atoms with Gasteiger partial charge in [0, 0.05) is 35.0 Å². The summed E-state index contributed by atoms with van der Waals surface area (Å²) in [4.78, 5) is 3.91. The lowest BCUT2D eigenvalue weighted by Crippen LogP contribution is -2.41. The Morgan fingerprint density at radius 1 is 1.08 bits per heavy atom. The van der Waals surface area contributed by atoms with E-state index in [1.54, 1.807) is 18.3 Å². The molecule has 2 heterocycles. The molecule has 1 fully saturated rings. The third-order valence-electron chi connectivity index (χ3n) is 4.92. The van der Waals surface area contributed by atoms with Gasteiger partial charge in [0.1, 0.15) is 17.7 Å². The van der Waals surface area contributed by atoms with Crippen molar-refractivity contribution >= 4 is 12.6 Å². The molecule has 25 heavy (non-hydrogen) atoms. The summed E-state index contributed by atoms with van der Waals surface area (Å²) in [6.07, 6.45) is 1.71. The van der Waals surface area contributed by atoms with E-state index in [0.717, 1.165) is 6.07 Å². The molecule has 0 amide bonds. The van der Waals surface area contributed by atoms with E-state index in [9.17, 15) is 13.9 Å². The second-order valence-electron chi connectivity index (χ2n) is 7.17. The zero-order valence-electron chi connectivity index (χ0n) is 14.6. The molecular weight excluding hydrogens is 327 g/mol. The van der Waals surface area contributed by atoms with Crippen LogP contribution in [0.25, 0.3) is 0 Å². The summed E-state index contributed by atoms with van der Waals surface area (Å²) in [7, 11) is -0.981. The first kappa shape index (κ1) is 18.0. The minimum absolute atomic E-state index is 0.0537. The molecule has 1 aromatic heterocycles. The zero-order chi connectivity index (χ0) is 18.4. The van der Waals surface area contributed by atoms with Gasteiger partial charge in [-0.2, -0.15) is 0 Å². The van der Waals surface area contributed by atoms with Gasteiger partial charge in [-0.1, -0.05) is 12.1 Å². The minimum atomic E-state index is -1.27. The molecule has 7 heteroatoms. The fourth-order valence-corrected chi connectivity index (χ4v) is 2.66. The van der Waals surface area contributed by atoms with Crippen molar-refractivity contribution in [3.05, 3.63) is 59.4 Å². The van der Waals surface area contributed by atoms with Gasteiger partial charge in [0.2, 0.25) is 0 Å². The normalized spacial score (nSPS) is 19.9. The van der Waals surface area contributed by atoms with Crippen molar-refractivity contribution in [1.82, 2.24) is 4.98 Å². The van der Waals surface area contributed by atoms with Gasteiger partial charge >= 0.3 is 7.12 Å². The van der Waals surface area contributed by atoms with E-state index in [1.165, 1.54) is 12.3 Å². The second kappa shape index (κ2) is 6.16. The van der Waals surface area contributed by atoms with E-state index < -0.39 is 36.1 Å². The average Bonchev–Trinajstić information content (AvgIpc) is 2.75. The highest BCUT2D eigenvalue weighted by molar-refractivity contribution is 6.62. The molecule has 0 radical (unpaired) electrons. The SMILES string of the molecule is CC1(C)OB(c2cc(C(O)c3cccnc3)c(F)cc2F)OC1(C)C. The van der Waals surface area contributed by atoms with Crippen LogP contribution in [0, 0.1) is 11.6 Å². The predicted molar refractivity (Wildman–Crippen MR) is 90.4 cm³/mol. The van der Waals surface area contributed by atoms with Crippen molar-refractivity contribution in [2.24, 2.45) is 0 Å². The van der Waals surface area contributed by atoms with Crippen LogP contribution in [0.1, 0.15) is 44.9 Å². The summed E-state index contributed by atoms with van der Waals surface area (Å²) in [5.41, 5.74) is -0.897. The van der Waals surface area contributed by atoms with Crippen molar-refractivity contribution in [3.63, 3.8) is 0 Å². The van der Waals surface area contributed by atoms with Crippen molar-refractivity contribution in [1.29, 1.82) is 0 Å². The number of hydrogen-bond donors (Lipinski definition) is 1. The zero-order valence-corrected chi connectivity index (χ0v) is 14.6. The summed E-state index contributed by atoms with van der Waals surface area (Å²) in [5.74, 6) is -1.62. The number of aliphatic hydroxyl groups excluding tert-OH is 1. The Bertz CT molecular complexity index is 767. The van der Waals surface area contributed by atoms with E-state index in [1.807, 2.05) is 27.7 Å². The summed E-state index contributed by atoms with van der Waals surface area (Å²) in [6.45, 7) is 7.39. The van der Waals surface area contributed by atoms with Crippen LogP contribution in [0.15, 0.2) is 36.7 Å². The lowest BCUT2D eigenvalue weighted by molar-refractivity contribution is 0.00578. The van der Waals surface area contributed by atoms with E-state index >= 15 is 0 Å². The number of hydrogen-bond acceptors (Lipinski definition) is 4. The van der Waals surface area contributed by atoms with Crippen LogP contribution < -0.4 is 5.46 Å². The Morgan fingerprint density at radius 2 is 1.72 bits per heavy atom. The molecule has 1 unspecified atom stereocenters. The summed E-state index contributed by atoms with van der Waals surface area (Å²) in [5, 5.41) is 10.5. The van der Waals surface area contributed by atoms with E-state index in [4.69, 9.17) is 9.31 Å². The molecule has 1 aromatic carbocycles. The topological polar surface area (TPSA) is 51.6 Å². The van der Waals surface area contributed by atoms with Crippen molar-refractivity contribution in [2.75, 3.05) is 0 Å². The average molecular weight is 347 g/mol. The molecule has 1 N–H and O–H groups in total. The van der Waals surface area contributed by atoms with Crippen LogP contribution in [0.4, 0.5) is 8.78 Å². The third kappa shape index (κ3) is 3.19. The Balaban J connectivity index is 2.00. The lowest BCUT2D eigenvalue weighted by atomic mass is 9.77. The second-order valence-corrected chi connectivity index (χ2v) is 7.17. The van der Waals surface area contributed by atoms with Crippen molar-refractivity contribution in [3.8, 4) is 0 Å². The maximum absolute atomic E-state index is 14.4. The molecule has 1 aliphatic rings. The Labute approximate surface area is 146 Å². The number of rotatable bonds is 3. The fraction of sp³-hybridized carbons (Fsp3) is 0.389. The molecule has 0 aliphatic carbocycles. The number of halogens is 2. The van der Waals surface area contributed by atoms with Gasteiger partial charge in [-0.3, -0.25) is 4.98 Å². The summed E-state index contributed by atoms with van der Waals surface area (Å²) >= 11 is 0. The highest BCUT2D eigenvalue weighted by atomic mass is 19.1. The maximum Gasteiger partial charge on any atom is 0.497 e. The molecule has 1 saturated heterocycles. The monoisotopic (exact) mass is 347 g/mol. The number of benzene rings is 1. The Kier molecular flexibility index (Phi) is 4.43. The molecule has 0 bridgehead atoms. The van der Waals surface area contributed by atoms with Gasteiger partial charge in [-0.05, 0) is 33.8 Å². The first-order valence-corrected chi connectivity index (χ1v) is 8.05. The van der Waals surface area contributed by atoms with Crippen LogP contribution in [-0.2, 0) is 9.31 Å². The fourth-order valence-electron chi connectivity index (χ4n) is 2.66. The highest BCUT2D eigenvalue weighted by Gasteiger charge is 2.52. The van der Waals surface area contributed by atoms with Gasteiger partial charge in [-0.15, -0.1) is 0 Å². The van der Waals surface area contributed by atoms with Gasteiger partial charge in [0.25, 0.3) is 0 Å². The highest BCUT2D eigenvalue weighted by Crippen LogP contribution is 2.37. The van der Waals surface area contributed by atoms with E-state index in [2.05, 4.69) is 4.98 Å². The van der Waals surface area contributed by atoms with Gasteiger partial charge < -0.3 is 14.4 Å². The number of aliphatic hydroxyl groups is 1. The van der Waals surface area contributed by atoms with Gasteiger partial charge in [0.15, 0.2) is 0 Å². The van der Waals surface area contributed by atoms with E-state index in [0.29, 0.717) is 5.56 Å². The Hall–Kier alpha value is -1.83. The molecule has 3 rings (SSSR count). The Morgan fingerprint density at radius 3 is 2.28 bits per heavy atom. The lowest BCUT2D eigenvalue weighted by Gasteiger charge is -2.32. The van der Waals surface area contributed by atoms with Crippen LogP contribution in [0.5, 0.6) is 0 Å². The smallest absolute Gasteiger partial charge is 0.399 e. The standard InChI is InChI=1S/C18H20BF2NO3/c1-17(2)18(3,4)25-19(24-17)13-8-12(14(20)9-15(13)21)16(23)11-6-5-7-22-10-11/h5-10,16,23H,1-4H3. The van der Waals surface area contributed by atoms with Crippen molar-refractivity contribution in [2.45, 2.75) is 45.0 Å². The number of nitrogens with zero attached hydrogens (tertiary/aromatic N) is 1. The molecular formula is C18H20BF2NO3. The molecule has 0 saturated carbocycles. The van der Waals surface area contributed by atoms with Gasteiger partial charge in [-0.25, -0.2) is 8.78 Å². The van der Waals surface area contributed by atoms with Crippen LogP contribution >= 0.6 is 0 Å². The largest absolute Gasteiger partial charge is 0.497 e. The number of aromatic nitrogens is 1. The van der Waals surface area contributed by atoms with Gasteiger partial charge in [0.05, 0.1) is 11.2 Å². The molecule has 0 spiro atoms. The minimum Gasteiger partial charge on any atom is -0.399 e. The first-order chi connectivity index (χ1) is 11.6. The number of pyridine rings is 1. The molecule has 4 nitrogen and oxygen atoms in total. The van der Waals surface area contributed by atoms with E-state index in [-0.39, 0.29) is 11.0 Å². The molecule has 1 atom stereocenters. The van der Waals surface area contributed by atoms with Crippen LogP contribution in [-0.4, -0.2) is 28.4 Å². The molecule has 2 aromatic rings. The quantitative estimate of drug-likeness (QED) is 0.868. The molecule has 132 valence electrons. The summed E-state index contributed by atoms with van der Waals surface area (Å²) < 4.78 is 40.3.